The van der Waals surface area contributed by atoms with Crippen molar-refractivity contribution in [2.75, 3.05) is 13.7 Å². The molecule has 1 amide bonds. The molecule has 126 valence electrons. The zero-order valence-electron chi connectivity index (χ0n) is 14.2. The Labute approximate surface area is 143 Å². The number of methoxy groups -OCH3 is 1. The summed E-state index contributed by atoms with van der Waals surface area (Å²) in [4.78, 5) is 14.9. The van der Waals surface area contributed by atoms with E-state index >= 15 is 0 Å². The lowest BCUT2D eigenvalue weighted by Crippen LogP contribution is -2.48. The molecule has 0 spiro atoms. The fourth-order valence-corrected chi connectivity index (χ4v) is 3.36. The van der Waals surface area contributed by atoms with Gasteiger partial charge < -0.3 is 15.4 Å². The smallest absolute Gasteiger partial charge is 0.254 e. The molecule has 1 heterocycles. The summed E-state index contributed by atoms with van der Waals surface area (Å²) >= 11 is 0. The fourth-order valence-electron chi connectivity index (χ4n) is 3.36. The Bertz CT molecular complexity index is 715. The number of nitrogens with two attached hydrogens (primary N) is 1. The van der Waals surface area contributed by atoms with Gasteiger partial charge in [-0.1, -0.05) is 30.3 Å². The number of benzene rings is 2. The third kappa shape index (κ3) is 3.29. The van der Waals surface area contributed by atoms with Crippen molar-refractivity contribution < 1.29 is 9.53 Å². The Morgan fingerprint density at radius 2 is 1.96 bits per heavy atom. The highest BCUT2D eigenvalue weighted by atomic mass is 16.5. The van der Waals surface area contributed by atoms with Crippen LogP contribution in [0.2, 0.25) is 0 Å². The average molecular weight is 324 g/mol. The summed E-state index contributed by atoms with van der Waals surface area (Å²) < 4.78 is 5.47. The zero-order chi connectivity index (χ0) is 17.1. The van der Waals surface area contributed by atoms with E-state index in [-0.39, 0.29) is 18.0 Å². The number of hydrogen-bond acceptors (Lipinski definition) is 3. The average Bonchev–Trinajstić information content (AvgIpc) is 2.61. The molecule has 2 atom stereocenters. The zero-order valence-corrected chi connectivity index (χ0v) is 14.2. The molecule has 0 aromatic heterocycles. The van der Waals surface area contributed by atoms with E-state index in [0.29, 0.717) is 12.1 Å². The van der Waals surface area contributed by atoms with Crippen molar-refractivity contribution in [2.24, 2.45) is 5.73 Å². The molecule has 3 rings (SSSR count). The highest BCUT2D eigenvalue weighted by Gasteiger charge is 2.28. The van der Waals surface area contributed by atoms with Crippen molar-refractivity contribution in [3.63, 3.8) is 0 Å². The Kier molecular flexibility index (Phi) is 4.86. The largest absolute Gasteiger partial charge is 0.496 e. The summed E-state index contributed by atoms with van der Waals surface area (Å²) in [6.07, 6.45) is 1.71. The van der Waals surface area contributed by atoms with Crippen LogP contribution in [0.5, 0.6) is 5.75 Å². The van der Waals surface area contributed by atoms with Gasteiger partial charge >= 0.3 is 0 Å². The Morgan fingerprint density at radius 3 is 2.62 bits per heavy atom. The second-order valence-electron chi connectivity index (χ2n) is 6.41. The van der Waals surface area contributed by atoms with Crippen molar-refractivity contribution in [3.8, 4) is 16.9 Å². The quantitative estimate of drug-likeness (QED) is 0.942. The van der Waals surface area contributed by atoms with Crippen LogP contribution in [0.4, 0.5) is 0 Å². The lowest BCUT2D eigenvalue weighted by Gasteiger charge is -2.36. The number of carbonyl (C=O) groups excluding carboxylic acids is 1. The van der Waals surface area contributed by atoms with Gasteiger partial charge in [-0.15, -0.1) is 0 Å². The molecule has 0 radical (unpaired) electrons. The van der Waals surface area contributed by atoms with E-state index in [1.807, 2.05) is 53.4 Å². The van der Waals surface area contributed by atoms with Crippen molar-refractivity contribution in [2.45, 2.75) is 31.8 Å². The molecule has 0 bridgehead atoms. The molecule has 2 aromatic carbocycles. The van der Waals surface area contributed by atoms with Crippen LogP contribution in [-0.4, -0.2) is 36.5 Å². The summed E-state index contributed by atoms with van der Waals surface area (Å²) in [6, 6.07) is 16.0. The van der Waals surface area contributed by atoms with Crippen LogP contribution in [-0.2, 0) is 0 Å². The molecular weight excluding hydrogens is 300 g/mol. The molecular formula is C20H24N2O2. The number of piperidine rings is 1. The second-order valence-corrected chi connectivity index (χ2v) is 6.41. The monoisotopic (exact) mass is 324 g/mol. The fraction of sp³-hybridized carbons (Fsp3) is 0.350. The van der Waals surface area contributed by atoms with Gasteiger partial charge in [0.15, 0.2) is 0 Å². The van der Waals surface area contributed by atoms with E-state index in [9.17, 15) is 4.79 Å². The van der Waals surface area contributed by atoms with Gasteiger partial charge in [0.2, 0.25) is 0 Å². The minimum Gasteiger partial charge on any atom is -0.496 e. The highest BCUT2D eigenvalue weighted by molar-refractivity contribution is 5.96. The molecule has 24 heavy (non-hydrogen) atoms. The predicted octanol–water partition coefficient (Wildman–Crippen LogP) is 3.31. The van der Waals surface area contributed by atoms with Gasteiger partial charge in [0.05, 0.1) is 7.11 Å². The van der Waals surface area contributed by atoms with Gasteiger partial charge in [0.25, 0.3) is 5.91 Å². The van der Waals surface area contributed by atoms with Crippen molar-refractivity contribution >= 4 is 5.91 Å². The number of nitrogens with zero attached hydrogens (tertiary/aromatic N) is 1. The molecule has 1 aliphatic heterocycles. The van der Waals surface area contributed by atoms with E-state index in [0.717, 1.165) is 29.7 Å². The molecule has 1 fully saturated rings. The maximum absolute atomic E-state index is 12.9. The van der Waals surface area contributed by atoms with Gasteiger partial charge in [-0.2, -0.15) is 0 Å². The number of hydrogen-bond donors (Lipinski definition) is 1. The van der Waals surface area contributed by atoms with Crippen LogP contribution in [0.15, 0.2) is 48.5 Å². The second kappa shape index (κ2) is 7.05. The van der Waals surface area contributed by atoms with Crippen molar-refractivity contribution in [1.29, 1.82) is 0 Å². The maximum Gasteiger partial charge on any atom is 0.254 e. The van der Waals surface area contributed by atoms with E-state index in [2.05, 4.69) is 6.92 Å². The number of carbonyl (C=O) groups is 1. The van der Waals surface area contributed by atoms with E-state index < -0.39 is 0 Å². The predicted molar refractivity (Wildman–Crippen MR) is 96.1 cm³/mol. The Hall–Kier alpha value is -2.33. The van der Waals surface area contributed by atoms with Crippen molar-refractivity contribution in [3.05, 3.63) is 54.1 Å². The van der Waals surface area contributed by atoms with Crippen LogP contribution in [0.3, 0.4) is 0 Å². The maximum atomic E-state index is 12.9. The SMILES string of the molecule is COc1ccc(C(=O)N2CC[C@H](N)C[C@H]2C)cc1-c1ccccc1. The summed E-state index contributed by atoms with van der Waals surface area (Å²) in [5.41, 5.74) is 8.68. The Morgan fingerprint density at radius 1 is 1.21 bits per heavy atom. The van der Waals surface area contributed by atoms with Gasteiger partial charge in [-0.05, 0) is 43.5 Å². The number of ether oxygens (including phenoxy) is 1. The minimum atomic E-state index is 0.0641. The van der Waals surface area contributed by atoms with Crippen LogP contribution in [0.1, 0.15) is 30.1 Å². The third-order valence-electron chi connectivity index (χ3n) is 4.71. The van der Waals surface area contributed by atoms with Crippen LogP contribution in [0, 0.1) is 0 Å². The molecule has 1 saturated heterocycles. The molecule has 2 N–H and O–H groups in total. The number of amides is 1. The lowest BCUT2D eigenvalue weighted by molar-refractivity contribution is 0.0619. The number of rotatable bonds is 3. The molecule has 1 aliphatic rings. The first-order valence-corrected chi connectivity index (χ1v) is 8.40. The van der Waals surface area contributed by atoms with Gasteiger partial charge in [0, 0.05) is 29.8 Å². The minimum absolute atomic E-state index is 0.0641. The van der Waals surface area contributed by atoms with E-state index in [1.165, 1.54) is 0 Å². The summed E-state index contributed by atoms with van der Waals surface area (Å²) in [5, 5.41) is 0. The van der Waals surface area contributed by atoms with Crippen molar-refractivity contribution in [1.82, 2.24) is 4.90 Å². The summed E-state index contributed by atoms with van der Waals surface area (Å²) in [7, 11) is 1.65. The summed E-state index contributed by atoms with van der Waals surface area (Å²) in [6.45, 7) is 2.78. The standard InChI is InChI=1S/C20H24N2O2/c1-14-12-17(21)10-11-22(14)20(23)16-8-9-19(24-2)18(13-16)15-6-4-3-5-7-15/h3-9,13-14,17H,10-12,21H2,1-2H3/t14-,17+/m1/s1. The molecule has 0 saturated carbocycles. The van der Waals surface area contributed by atoms with E-state index in [1.54, 1.807) is 7.11 Å². The van der Waals surface area contributed by atoms with Gasteiger partial charge in [-0.3, -0.25) is 4.79 Å². The first-order valence-electron chi connectivity index (χ1n) is 8.40. The highest BCUT2D eigenvalue weighted by Crippen LogP contribution is 2.31. The van der Waals surface area contributed by atoms with Crippen LogP contribution in [0.25, 0.3) is 11.1 Å². The lowest BCUT2D eigenvalue weighted by atomic mass is 9.97. The first kappa shape index (κ1) is 16.5. The number of likely N-dealkylation sites (tertiary alicyclic amines) is 1. The topological polar surface area (TPSA) is 55.6 Å². The summed E-state index contributed by atoms with van der Waals surface area (Å²) in [5.74, 6) is 0.834. The van der Waals surface area contributed by atoms with Gasteiger partial charge in [-0.25, -0.2) is 0 Å². The molecule has 2 aromatic rings. The van der Waals surface area contributed by atoms with Crippen LogP contribution >= 0.6 is 0 Å². The molecule has 0 unspecified atom stereocenters. The normalized spacial score (nSPS) is 20.7. The molecule has 4 heteroatoms. The third-order valence-corrected chi connectivity index (χ3v) is 4.71. The molecule has 0 aliphatic carbocycles. The molecule has 4 nitrogen and oxygen atoms in total. The van der Waals surface area contributed by atoms with E-state index in [4.69, 9.17) is 10.5 Å². The first-order chi connectivity index (χ1) is 11.6. The Balaban J connectivity index is 1.93. The van der Waals surface area contributed by atoms with Gasteiger partial charge in [0.1, 0.15) is 5.75 Å². The van der Waals surface area contributed by atoms with Crippen LogP contribution < -0.4 is 10.5 Å².